The molecule has 2 saturated heterocycles. The number of likely N-dealkylation sites (tertiary alicyclic amines) is 2. The van der Waals surface area contributed by atoms with E-state index in [1.54, 1.807) is 6.07 Å². The van der Waals surface area contributed by atoms with Crippen LogP contribution in [-0.2, 0) is 49.2 Å². The molecule has 3 amide bonds. The molecule has 0 aromatic heterocycles. The first kappa shape index (κ1) is 50.7. The molecule has 4 fully saturated rings. The summed E-state index contributed by atoms with van der Waals surface area (Å²) in [5, 5.41) is 10.9. The fourth-order valence-electron chi connectivity index (χ4n) is 11.3. The average molecular weight is 1000 g/mol. The number of rotatable bonds is 12. The van der Waals surface area contributed by atoms with Crippen molar-refractivity contribution in [3.63, 3.8) is 0 Å². The lowest BCUT2D eigenvalue weighted by atomic mass is 9.75. The van der Waals surface area contributed by atoms with Gasteiger partial charge < -0.3 is 25.4 Å². The van der Waals surface area contributed by atoms with Crippen molar-refractivity contribution in [1.29, 1.82) is 0 Å². The standard InChI is InChI=1S/C28H31F3N2O2.C26H27F3N4O4/c1-19(21-6-4-7-23(14-21)28(29,30)31)32-15-25(34)13-20-16-33(17-20)24-9-11-27(12-10-24)26-8-3-2-5-22(26)18-35-27;27-26(28,29)17-5-3-4-16(12-17)23(35)30-13-22(34)31-18-14-33(15-18)19-8-10-25(11-9-19)20-6-1-2-7-21(20)32-24(36)37-25/h2-8,14,20,24,32H,1,9-13,15-18H2;1-7,12,18-19H,8-11,13-15H2,(H,30,35)(H,31,34)(H,32,36). The topological polar surface area (TPSA) is 141 Å². The molecule has 4 aromatic rings. The van der Waals surface area contributed by atoms with E-state index >= 15 is 0 Å². The van der Waals surface area contributed by atoms with Gasteiger partial charge in [0.2, 0.25) is 5.91 Å². The maximum Gasteiger partial charge on any atom is 0.416 e. The zero-order chi connectivity index (χ0) is 50.8. The minimum Gasteiger partial charge on any atom is -0.438 e. The highest BCUT2D eigenvalue weighted by molar-refractivity contribution is 5.96. The van der Waals surface area contributed by atoms with Gasteiger partial charge in [0, 0.05) is 61.5 Å². The van der Waals surface area contributed by atoms with Crippen molar-refractivity contribution in [2.75, 3.05) is 44.6 Å². The molecule has 72 heavy (non-hydrogen) atoms. The van der Waals surface area contributed by atoms with Crippen LogP contribution in [0, 0.1) is 5.92 Å². The van der Waals surface area contributed by atoms with E-state index in [2.05, 4.69) is 61.9 Å². The number of alkyl halides is 6. The van der Waals surface area contributed by atoms with Gasteiger partial charge in [-0.3, -0.25) is 29.5 Å². The largest absolute Gasteiger partial charge is 0.438 e. The van der Waals surface area contributed by atoms with Crippen LogP contribution < -0.4 is 21.3 Å². The van der Waals surface area contributed by atoms with Crippen LogP contribution in [0.25, 0.3) is 5.70 Å². The number of anilines is 1. The summed E-state index contributed by atoms with van der Waals surface area (Å²) in [6, 6.07) is 26.1. The number of fused-ring (bicyclic) bond motifs is 4. The lowest BCUT2D eigenvalue weighted by Crippen LogP contribution is -2.63. The van der Waals surface area contributed by atoms with Crippen molar-refractivity contribution in [3.8, 4) is 0 Å². The molecule has 4 N–H and O–H groups in total. The zero-order valence-electron chi connectivity index (χ0n) is 39.7. The smallest absolute Gasteiger partial charge is 0.416 e. The van der Waals surface area contributed by atoms with Gasteiger partial charge in [-0.05, 0) is 110 Å². The summed E-state index contributed by atoms with van der Waals surface area (Å²) in [7, 11) is 0. The number of amides is 3. The highest BCUT2D eigenvalue weighted by Crippen LogP contribution is 2.49. The molecular formula is C54H58F6N6O6. The van der Waals surface area contributed by atoms with Crippen molar-refractivity contribution in [2.24, 2.45) is 5.92 Å². The van der Waals surface area contributed by atoms with E-state index in [1.165, 1.54) is 23.3 Å². The van der Waals surface area contributed by atoms with Crippen LogP contribution >= 0.6 is 0 Å². The second-order valence-electron chi connectivity index (χ2n) is 19.9. The van der Waals surface area contributed by atoms with E-state index in [1.807, 2.05) is 24.3 Å². The Labute approximate surface area is 413 Å². The predicted molar refractivity (Wildman–Crippen MR) is 256 cm³/mol. The first-order valence-corrected chi connectivity index (χ1v) is 24.5. The average Bonchev–Trinajstić information content (AvgIpc) is 3.69. The van der Waals surface area contributed by atoms with E-state index in [9.17, 15) is 45.5 Å². The first-order valence-electron chi connectivity index (χ1n) is 24.5. The van der Waals surface area contributed by atoms with Gasteiger partial charge in [0.25, 0.3) is 5.91 Å². The Kier molecular flexibility index (Phi) is 14.6. The number of hydrogen-bond donors (Lipinski definition) is 4. The van der Waals surface area contributed by atoms with E-state index in [-0.39, 0.29) is 36.1 Å². The Bertz CT molecular complexity index is 2670. The van der Waals surface area contributed by atoms with Crippen LogP contribution in [0.1, 0.15) is 102 Å². The third-order valence-electron chi connectivity index (χ3n) is 15.2. The molecule has 0 radical (unpaired) electrons. The molecule has 18 heteroatoms. The van der Waals surface area contributed by atoms with E-state index in [0.29, 0.717) is 55.4 Å². The number of carbonyl (C=O) groups is 4. The summed E-state index contributed by atoms with van der Waals surface area (Å²) in [6.45, 7) is 7.46. The van der Waals surface area contributed by atoms with Gasteiger partial charge in [-0.1, -0.05) is 67.2 Å². The minimum absolute atomic E-state index is 0.0568. The maximum absolute atomic E-state index is 12.9. The summed E-state index contributed by atoms with van der Waals surface area (Å²) in [6.07, 6.45) is -1.47. The van der Waals surface area contributed by atoms with Gasteiger partial charge in [-0.2, -0.15) is 26.3 Å². The number of nitrogens with zero attached hydrogens (tertiary/aromatic N) is 2. The number of hydrogen-bond acceptors (Lipinski definition) is 9. The highest BCUT2D eigenvalue weighted by atomic mass is 19.4. The first-order chi connectivity index (χ1) is 34.4. The van der Waals surface area contributed by atoms with Crippen molar-refractivity contribution in [2.45, 2.75) is 106 Å². The number of para-hydroxylation sites is 1. The normalized spacial score (nSPS) is 24.3. The molecule has 2 aliphatic carbocycles. The quantitative estimate of drug-likeness (QED) is 0.102. The van der Waals surface area contributed by atoms with Crippen LogP contribution in [0.15, 0.2) is 104 Å². The molecule has 0 atom stereocenters. The molecular weight excluding hydrogens is 943 g/mol. The van der Waals surface area contributed by atoms with Crippen molar-refractivity contribution < 1.29 is 55.0 Å². The highest BCUT2D eigenvalue weighted by Gasteiger charge is 2.48. The van der Waals surface area contributed by atoms with Gasteiger partial charge in [-0.15, -0.1) is 0 Å². The van der Waals surface area contributed by atoms with Crippen LogP contribution in [-0.4, -0.2) is 90.9 Å². The lowest BCUT2D eigenvalue weighted by molar-refractivity contribution is -0.138. The van der Waals surface area contributed by atoms with Crippen molar-refractivity contribution >= 4 is 35.1 Å². The number of nitrogens with one attached hydrogen (secondary N) is 4. The summed E-state index contributed by atoms with van der Waals surface area (Å²) in [4.78, 5) is 53.8. The molecule has 6 aliphatic rings. The molecule has 382 valence electrons. The SMILES string of the molecule is C=C(NCC(=O)CC1CN(C2CCC3(CC2)OCc2ccccc23)C1)c1cccc(C(F)(F)F)c1.O=C(CNC(=O)c1cccc(C(F)(F)F)c1)NC1CN(C2CCC3(CC2)OC(=O)Nc2ccccc23)C1. The number of ketones is 1. The predicted octanol–water partition coefficient (Wildman–Crippen LogP) is 9.16. The van der Waals surface area contributed by atoms with Crippen molar-refractivity contribution in [1.82, 2.24) is 25.8 Å². The Morgan fingerprint density at radius 3 is 1.90 bits per heavy atom. The van der Waals surface area contributed by atoms with Gasteiger partial charge >= 0.3 is 18.4 Å². The van der Waals surface area contributed by atoms with Crippen LogP contribution in [0.2, 0.25) is 0 Å². The number of carbonyl (C=O) groups excluding carboxylic acids is 4. The van der Waals surface area contributed by atoms with E-state index in [0.717, 1.165) is 106 Å². The van der Waals surface area contributed by atoms with Crippen LogP contribution in [0.5, 0.6) is 0 Å². The molecule has 2 saturated carbocycles. The van der Waals surface area contributed by atoms with Crippen molar-refractivity contribution in [3.05, 3.63) is 143 Å². The van der Waals surface area contributed by atoms with E-state index < -0.39 is 47.0 Å². The monoisotopic (exact) mass is 1000 g/mol. The number of Topliss-reactive ketones (excluding diaryl/α,β-unsaturated/α-hetero) is 1. The lowest BCUT2D eigenvalue weighted by Gasteiger charge is -2.49. The molecule has 4 aliphatic heterocycles. The maximum atomic E-state index is 12.9. The Morgan fingerprint density at radius 2 is 1.25 bits per heavy atom. The van der Waals surface area contributed by atoms with E-state index in [4.69, 9.17) is 9.47 Å². The molecule has 10 rings (SSSR count). The number of benzene rings is 4. The van der Waals surface area contributed by atoms with Crippen LogP contribution in [0.4, 0.5) is 36.8 Å². The third kappa shape index (κ3) is 11.3. The summed E-state index contributed by atoms with van der Waals surface area (Å²) < 4.78 is 89.4. The second kappa shape index (κ2) is 20.7. The van der Waals surface area contributed by atoms with Gasteiger partial charge in [0.05, 0.1) is 48.2 Å². The number of halogens is 6. The molecule has 0 bridgehead atoms. The fraction of sp³-hybridized carbons (Fsp3) is 0.444. The fourth-order valence-corrected chi connectivity index (χ4v) is 11.3. The molecule has 12 nitrogen and oxygen atoms in total. The molecule has 4 heterocycles. The summed E-state index contributed by atoms with van der Waals surface area (Å²) >= 11 is 0. The minimum atomic E-state index is -4.55. The summed E-state index contributed by atoms with van der Waals surface area (Å²) in [5.74, 6) is -0.745. The van der Waals surface area contributed by atoms with Gasteiger partial charge in [0.15, 0.2) is 5.78 Å². The Morgan fingerprint density at radius 1 is 0.681 bits per heavy atom. The van der Waals surface area contributed by atoms with Gasteiger partial charge in [0.1, 0.15) is 5.60 Å². The molecule has 0 unspecified atom stereocenters. The Balaban J connectivity index is 0.000000178. The Hall–Kier alpha value is -6.24. The molecule has 2 spiro atoms. The zero-order valence-corrected chi connectivity index (χ0v) is 39.7. The third-order valence-corrected chi connectivity index (χ3v) is 15.2. The van der Waals surface area contributed by atoms with Crippen LogP contribution in [0.3, 0.4) is 0 Å². The van der Waals surface area contributed by atoms with Gasteiger partial charge in [-0.25, -0.2) is 4.79 Å². The number of ether oxygens (including phenoxy) is 2. The summed E-state index contributed by atoms with van der Waals surface area (Å²) in [5.41, 5.74) is 2.63. The second-order valence-corrected chi connectivity index (χ2v) is 19.9. The molecule has 4 aromatic carbocycles.